The third-order valence-electron chi connectivity index (χ3n) is 7.22. The Morgan fingerprint density at radius 2 is 1.80 bits per heavy atom. The number of hydrogen-bond acceptors (Lipinski definition) is 9. The molecule has 1 atom stereocenters. The van der Waals surface area contributed by atoms with Crippen molar-refractivity contribution in [1.82, 2.24) is 10.2 Å². The minimum atomic E-state index is -1.02. The van der Waals surface area contributed by atoms with E-state index in [1.165, 1.54) is 22.7 Å². The zero-order valence-corrected chi connectivity index (χ0v) is 27.1. The summed E-state index contributed by atoms with van der Waals surface area (Å²) >= 11 is 2.39. The smallest absolute Gasteiger partial charge is 0.301 e. The molecule has 234 valence electrons. The van der Waals surface area contributed by atoms with Crippen molar-refractivity contribution in [2.45, 2.75) is 50.3 Å². The second-order valence-electron chi connectivity index (χ2n) is 10.9. The van der Waals surface area contributed by atoms with Crippen LogP contribution in [0.3, 0.4) is 0 Å². The number of aliphatic hydroxyl groups excluding tert-OH is 1. The molecule has 0 spiro atoms. The van der Waals surface area contributed by atoms with Crippen LogP contribution in [0.25, 0.3) is 5.76 Å². The number of rotatable bonds is 12. The Morgan fingerprint density at radius 1 is 1.04 bits per heavy atom. The van der Waals surface area contributed by atoms with Crippen molar-refractivity contribution in [1.29, 1.82) is 0 Å². The molecule has 1 unspecified atom stereocenters. The van der Waals surface area contributed by atoms with E-state index in [-0.39, 0.29) is 22.3 Å². The van der Waals surface area contributed by atoms with E-state index in [1.807, 2.05) is 26.0 Å². The molecule has 0 saturated carbocycles. The molecule has 1 saturated heterocycles. The molecule has 0 aliphatic carbocycles. The highest BCUT2D eigenvalue weighted by Gasteiger charge is 2.48. The van der Waals surface area contributed by atoms with E-state index >= 15 is 0 Å². The normalized spacial score (nSPS) is 16.0. The fourth-order valence-electron chi connectivity index (χ4n) is 4.81. The summed E-state index contributed by atoms with van der Waals surface area (Å²) in [6, 6.07) is 17.7. The van der Waals surface area contributed by atoms with Gasteiger partial charge in [0.05, 0.1) is 24.8 Å². The third kappa shape index (κ3) is 7.20. The summed E-state index contributed by atoms with van der Waals surface area (Å²) in [5.74, 6) is -0.532. The summed E-state index contributed by atoms with van der Waals surface area (Å²) in [5.41, 5.74) is 2.35. The van der Waals surface area contributed by atoms with Crippen LogP contribution in [-0.2, 0) is 15.3 Å². The zero-order valence-electron chi connectivity index (χ0n) is 25.5. The van der Waals surface area contributed by atoms with Gasteiger partial charge >= 0.3 is 5.91 Å². The Morgan fingerprint density at radius 3 is 2.51 bits per heavy atom. The number of aliphatic hydroxyl groups is 1. The number of halogens is 1. The second kappa shape index (κ2) is 14.3. The van der Waals surface area contributed by atoms with Gasteiger partial charge in [0.25, 0.3) is 5.78 Å². The van der Waals surface area contributed by atoms with Crippen molar-refractivity contribution in [3.63, 3.8) is 0 Å². The van der Waals surface area contributed by atoms with Gasteiger partial charge in [0.15, 0.2) is 15.8 Å². The lowest BCUT2D eigenvalue weighted by molar-refractivity contribution is -0.132. The second-order valence-corrected chi connectivity index (χ2v) is 13.1. The van der Waals surface area contributed by atoms with Crippen molar-refractivity contribution >= 4 is 45.7 Å². The minimum absolute atomic E-state index is 0.0736. The molecule has 5 rings (SSSR count). The van der Waals surface area contributed by atoms with E-state index in [1.54, 1.807) is 48.5 Å². The number of ketones is 1. The monoisotopic (exact) mass is 647 g/mol. The highest BCUT2D eigenvalue weighted by Crippen LogP contribution is 2.45. The van der Waals surface area contributed by atoms with Crippen LogP contribution in [0, 0.1) is 18.7 Å². The Hall–Kier alpha value is -4.22. The Labute approximate surface area is 269 Å². The van der Waals surface area contributed by atoms with Gasteiger partial charge in [-0.15, -0.1) is 10.2 Å². The van der Waals surface area contributed by atoms with Crippen LogP contribution < -0.4 is 14.4 Å². The number of carbonyl (C=O) groups excluding carboxylic acids is 2. The summed E-state index contributed by atoms with van der Waals surface area (Å²) in [6.45, 7) is 8.87. The number of hydrogen-bond donors (Lipinski definition) is 1. The van der Waals surface area contributed by atoms with E-state index in [0.29, 0.717) is 57.4 Å². The first-order valence-corrected chi connectivity index (χ1v) is 16.4. The quantitative estimate of drug-likeness (QED) is 0.0548. The molecule has 11 heteroatoms. The molecule has 1 aromatic heterocycles. The maximum Gasteiger partial charge on any atom is 0.301 e. The Balaban J connectivity index is 1.56. The van der Waals surface area contributed by atoms with Gasteiger partial charge in [-0.1, -0.05) is 91.0 Å². The van der Waals surface area contributed by atoms with Crippen molar-refractivity contribution in [2.24, 2.45) is 5.92 Å². The van der Waals surface area contributed by atoms with E-state index in [2.05, 4.69) is 24.0 Å². The van der Waals surface area contributed by atoms with Gasteiger partial charge in [-0.3, -0.25) is 14.5 Å². The molecule has 1 fully saturated rings. The molecule has 2 heterocycles. The van der Waals surface area contributed by atoms with E-state index < -0.39 is 17.7 Å². The molecule has 45 heavy (non-hydrogen) atoms. The lowest BCUT2D eigenvalue weighted by atomic mass is 9.95. The molecule has 4 aromatic rings. The number of aromatic nitrogens is 2. The average molecular weight is 648 g/mol. The van der Waals surface area contributed by atoms with Gasteiger partial charge < -0.3 is 14.6 Å². The number of benzene rings is 3. The van der Waals surface area contributed by atoms with Crippen LogP contribution in [0.1, 0.15) is 55.5 Å². The molecule has 8 nitrogen and oxygen atoms in total. The summed E-state index contributed by atoms with van der Waals surface area (Å²) in [6.07, 6.45) is 0.859. The fourth-order valence-corrected chi connectivity index (χ4v) is 6.67. The van der Waals surface area contributed by atoms with Crippen molar-refractivity contribution in [2.75, 3.05) is 18.1 Å². The first kappa shape index (κ1) is 32.2. The molecule has 1 aliphatic rings. The van der Waals surface area contributed by atoms with Gasteiger partial charge in [-0.25, -0.2) is 4.39 Å². The Bertz CT molecular complexity index is 1720. The number of Topliss-reactive ketones (excluding diaryl/α,β-unsaturated/α-hetero) is 1. The third-order valence-corrected chi connectivity index (χ3v) is 9.32. The largest absolute Gasteiger partial charge is 0.507 e. The maximum absolute atomic E-state index is 14.2. The van der Waals surface area contributed by atoms with Gasteiger partial charge in [-0.05, 0) is 55.5 Å². The van der Waals surface area contributed by atoms with Gasteiger partial charge in [0, 0.05) is 11.3 Å². The van der Waals surface area contributed by atoms with E-state index in [0.717, 1.165) is 23.3 Å². The van der Waals surface area contributed by atoms with Crippen LogP contribution in [0.4, 0.5) is 9.52 Å². The number of aryl methyl sites for hydroxylation is 1. The van der Waals surface area contributed by atoms with Crippen molar-refractivity contribution in [3.05, 3.63) is 100 Å². The number of ether oxygens (including phenoxy) is 2. The summed E-state index contributed by atoms with van der Waals surface area (Å²) < 4.78 is 26.6. The number of carbonyl (C=O) groups is 2. The van der Waals surface area contributed by atoms with Gasteiger partial charge in [0.1, 0.15) is 11.6 Å². The first-order chi connectivity index (χ1) is 21.7. The van der Waals surface area contributed by atoms with Crippen LogP contribution >= 0.6 is 23.1 Å². The van der Waals surface area contributed by atoms with Crippen LogP contribution in [0.15, 0.2) is 76.6 Å². The zero-order chi connectivity index (χ0) is 32.1. The highest BCUT2D eigenvalue weighted by molar-refractivity contribution is 8.00. The lowest BCUT2D eigenvalue weighted by Gasteiger charge is -2.24. The van der Waals surface area contributed by atoms with Gasteiger partial charge in [-0.2, -0.15) is 0 Å². The SMILES string of the molecule is CCOc1cc(C2/C(=C(\O)c3ccc(C)cc3)C(=O)C(=O)N2c2nnc(SCc3ccccc3F)s2)ccc1OCCC(C)C. The van der Waals surface area contributed by atoms with Gasteiger partial charge in [0.2, 0.25) is 5.13 Å². The summed E-state index contributed by atoms with van der Waals surface area (Å²) in [5, 5.41) is 20.1. The molecule has 1 N–H and O–H groups in total. The Kier molecular flexibility index (Phi) is 10.2. The molecular formula is C34H34FN3O5S2. The number of amides is 1. The number of nitrogens with zero attached hydrogens (tertiary/aromatic N) is 3. The standard InChI is InChI=1S/C34H34FN3O5S2/c1-5-42-27-18-23(14-15-26(27)43-17-16-20(2)3)29-28(30(39)22-12-10-21(4)11-13-22)31(40)32(41)38(29)33-36-37-34(45-33)44-19-24-8-6-7-9-25(24)35/h6-15,18,20,29,39H,5,16-17,19H2,1-4H3/b30-28+. The van der Waals surface area contributed by atoms with Crippen LogP contribution in [0.5, 0.6) is 11.5 Å². The lowest BCUT2D eigenvalue weighted by Crippen LogP contribution is -2.29. The molecule has 0 radical (unpaired) electrons. The first-order valence-electron chi connectivity index (χ1n) is 14.6. The molecule has 0 bridgehead atoms. The van der Waals surface area contributed by atoms with E-state index in [4.69, 9.17) is 9.47 Å². The number of anilines is 1. The molecule has 1 amide bonds. The number of thioether (sulfide) groups is 1. The summed E-state index contributed by atoms with van der Waals surface area (Å²) in [4.78, 5) is 28.6. The fraction of sp³-hybridized carbons (Fsp3) is 0.294. The maximum atomic E-state index is 14.2. The molecular weight excluding hydrogens is 614 g/mol. The van der Waals surface area contributed by atoms with Crippen molar-refractivity contribution < 1.29 is 28.6 Å². The topological polar surface area (TPSA) is 102 Å². The van der Waals surface area contributed by atoms with Crippen LogP contribution in [-0.4, -0.2) is 40.2 Å². The average Bonchev–Trinajstić information content (AvgIpc) is 3.59. The van der Waals surface area contributed by atoms with E-state index in [9.17, 15) is 19.1 Å². The molecule has 3 aromatic carbocycles. The minimum Gasteiger partial charge on any atom is -0.507 e. The highest BCUT2D eigenvalue weighted by atomic mass is 32.2. The van der Waals surface area contributed by atoms with Crippen LogP contribution in [0.2, 0.25) is 0 Å². The molecule has 1 aliphatic heterocycles. The predicted molar refractivity (Wildman–Crippen MR) is 174 cm³/mol. The predicted octanol–water partition coefficient (Wildman–Crippen LogP) is 7.73. The van der Waals surface area contributed by atoms with Crippen molar-refractivity contribution in [3.8, 4) is 11.5 Å². The summed E-state index contributed by atoms with van der Waals surface area (Å²) in [7, 11) is 0.